The maximum atomic E-state index is 12.5. The Kier molecular flexibility index (Phi) is 5.47. The van der Waals surface area contributed by atoms with Crippen LogP contribution in [0.4, 0.5) is 0 Å². The van der Waals surface area contributed by atoms with Crippen LogP contribution in [-0.2, 0) is 31.6 Å². The summed E-state index contributed by atoms with van der Waals surface area (Å²) in [7, 11) is -1.45. The maximum Gasteiger partial charge on any atom is 0.352 e. The van der Waals surface area contributed by atoms with E-state index in [4.69, 9.17) is 0 Å². The van der Waals surface area contributed by atoms with E-state index < -0.39 is 34.1 Å². The number of benzene rings is 1. The van der Waals surface area contributed by atoms with Crippen molar-refractivity contribution >= 4 is 40.3 Å². The van der Waals surface area contributed by atoms with Gasteiger partial charge in [0.05, 0.1) is 23.0 Å². The molecule has 2 aliphatic rings. The quantitative estimate of drug-likeness (QED) is 0.675. The number of thioether (sulfide) groups is 1. The topological polar surface area (TPSA) is 104 Å². The lowest BCUT2D eigenvalue weighted by Gasteiger charge is -2.49. The summed E-state index contributed by atoms with van der Waals surface area (Å²) in [4.78, 5) is 37.4. The van der Waals surface area contributed by atoms with Crippen molar-refractivity contribution in [3.8, 4) is 0 Å². The molecule has 1 aromatic rings. The second-order valence-corrected chi connectivity index (χ2v) is 8.42. The molecule has 0 bridgehead atoms. The van der Waals surface area contributed by atoms with Crippen molar-refractivity contribution in [3.05, 3.63) is 47.2 Å². The molecule has 2 amide bonds. The summed E-state index contributed by atoms with van der Waals surface area (Å²) in [5.41, 5.74) is 1.19. The smallest absolute Gasteiger partial charge is 0.352 e. The van der Waals surface area contributed by atoms with Crippen LogP contribution in [0, 0.1) is 0 Å². The van der Waals surface area contributed by atoms with Gasteiger partial charge in [0.1, 0.15) is 17.1 Å². The molecule has 1 aromatic carbocycles. The molecule has 26 heavy (non-hydrogen) atoms. The lowest BCUT2D eigenvalue weighted by molar-refractivity contribution is -0.150. The third-order valence-electron chi connectivity index (χ3n) is 4.25. The molecule has 2 unspecified atom stereocenters. The number of hydrogen-bond acceptors (Lipinski definition) is 5. The molecule has 138 valence electrons. The monoisotopic (exact) mass is 394 g/mol. The van der Waals surface area contributed by atoms with E-state index in [2.05, 4.69) is 5.32 Å². The summed E-state index contributed by atoms with van der Waals surface area (Å²) in [5.74, 6) is -1.60. The van der Waals surface area contributed by atoms with Gasteiger partial charge in [0.2, 0.25) is 5.91 Å². The van der Waals surface area contributed by atoms with Gasteiger partial charge in [0.15, 0.2) is 0 Å². The van der Waals surface area contributed by atoms with Gasteiger partial charge in [-0.05, 0) is 17.4 Å². The fourth-order valence-corrected chi connectivity index (χ4v) is 5.55. The number of carboxylic acid groups (broad SMARTS) is 1. The highest BCUT2D eigenvalue weighted by Gasteiger charge is 2.56. The van der Waals surface area contributed by atoms with Crippen molar-refractivity contribution in [3.63, 3.8) is 0 Å². The normalized spacial score (nSPS) is 24.7. The molecular formula is C17H18N2O5S2. The predicted molar refractivity (Wildman–Crippen MR) is 98.8 cm³/mol. The molecule has 0 saturated carbocycles. The van der Waals surface area contributed by atoms with Crippen LogP contribution in [0.15, 0.2) is 41.6 Å². The highest BCUT2D eigenvalue weighted by atomic mass is 32.2. The number of nitrogens with zero attached hydrogens (tertiary/aromatic N) is 1. The lowest BCUT2D eigenvalue weighted by Crippen LogP contribution is -2.73. The number of carbonyl (C=O) groups is 3. The summed E-state index contributed by atoms with van der Waals surface area (Å²) in [6, 6.07) is 8.11. The van der Waals surface area contributed by atoms with Crippen LogP contribution >= 0.6 is 11.8 Å². The van der Waals surface area contributed by atoms with Crippen LogP contribution in [0.3, 0.4) is 0 Å². The average molecular weight is 394 g/mol. The zero-order chi connectivity index (χ0) is 18.8. The van der Waals surface area contributed by atoms with E-state index in [1.54, 1.807) is 12.1 Å². The van der Waals surface area contributed by atoms with Gasteiger partial charge in [-0.2, -0.15) is 11.8 Å². The van der Waals surface area contributed by atoms with Crippen molar-refractivity contribution in [2.45, 2.75) is 17.8 Å². The Morgan fingerprint density at radius 3 is 2.65 bits per heavy atom. The van der Waals surface area contributed by atoms with Crippen molar-refractivity contribution in [1.29, 1.82) is 0 Å². The van der Waals surface area contributed by atoms with Crippen molar-refractivity contribution < 1.29 is 23.7 Å². The molecule has 2 heterocycles. The van der Waals surface area contributed by atoms with Crippen LogP contribution in [0.1, 0.15) is 5.56 Å². The average Bonchev–Trinajstić information content (AvgIpc) is 2.60. The molecule has 0 aliphatic carbocycles. The number of nitrogens with one attached hydrogen (secondary N) is 1. The van der Waals surface area contributed by atoms with Crippen molar-refractivity contribution in [1.82, 2.24) is 10.2 Å². The largest absolute Gasteiger partial charge is 0.477 e. The number of carbonyl (C=O) groups excluding carboxylic acids is 2. The Hall–Kier alpha value is -2.13. The van der Waals surface area contributed by atoms with E-state index in [0.717, 1.165) is 10.5 Å². The van der Waals surface area contributed by atoms with E-state index in [1.165, 1.54) is 11.8 Å². The molecule has 0 aromatic heterocycles. The van der Waals surface area contributed by atoms with E-state index in [9.17, 15) is 23.7 Å². The highest BCUT2D eigenvalue weighted by molar-refractivity contribution is 7.98. The molecule has 2 aliphatic heterocycles. The Bertz CT molecular complexity index is 809. The van der Waals surface area contributed by atoms with E-state index in [0.29, 0.717) is 11.3 Å². The molecule has 9 heteroatoms. The van der Waals surface area contributed by atoms with Crippen molar-refractivity contribution in [2.75, 3.05) is 17.8 Å². The number of aliphatic carboxylic acids is 1. The Morgan fingerprint density at radius 1 is 1.35 bits per heavy atom. The summed E-state index contributed by atoms with van der Waals surface area (Å²) in [5, 5.41) is 11.3. The van der Waals surface area contributed by atoms with E-state index in [-0.39, 0.29) is 23.8 Å². The first-order chi connectivity index (χ1) is 12.4. The third kappa shape index (κ3) is 3.41. The summed E-state index contributed by atoms with van der Waals surface area (Å²) < 4.78 is 12.5. The molecule has 1 saturated heterocycles. The van der Waals surface area contributed by atoms with Gasteiger partial charge < -0.3 is 10.4 Å². The summed E-state index contributed by atoms with van der Waals surface area (Å²) >= 11 is 1.41. The minimum atomic E-state index is -1.45. The summed E-state index contributed by atoms with van der Waals surface area (Å²) in [6.07, 6.45) is 1.91. The molecule has 3 rings (SSSR count). The van der Waals surface area contributed by atoms with Crippen molar-refractivity contribution in [2.24, 2.45) is 0 Å². The number of carboxylic acids is 1. The van der Waals surface area contributed by atoms with Crippen LogP contribution in [0.25, 0.3) is 0 Å². The molecule has 0 spiro atoms. The Labute approximate surface area is 157 Å². The maximum absolute atomic E-state index is 12.5. The van der Waals surface area contributed by atoms with Gasteiger partial charge in [-0.3, -0.25) is 18.7 Å². The first kappa shape index (κ1) is 18.7. The third-order valence-corrected chi connectivity index (χ3v) is 6.54. The van der Waals surface area contributed by atoms with Gasteiger partial charge in [0.25, 0.3) is 5.91 Å². The van der Waals surface area contributed by atoms with Gasteiger partial charge in [0, 0.05) is 5.75 Å². The first-order valence-electron chi connectivity index (χ1n) is 7.91. The van der Waals surface area contributed by atoms with Gasteiger partial charge in [-0.1, -0.05) is 30.3 Å². The molecular weight excluding hydrogens is 376 g/mol. The molecule has 0 radical (unpaired) electrons. The van der Waals surface area contributed by atoms with E-state index >= 15 is 0 Å². The number of β-lactam (4-membered cyclic amide) rings is 1. The minimum Gasteiger partial charge on any atom is -0.477 e. The van der Waals surface area contributed by atoms with Gasteiger partial charge >= 0.3 is 5.97 Å². The van der Waals surface area contributed by atoms with Gasteiger partial charge in [-0.25, -0.2) is 4.79 Å². The first-order valence-corrected chi connectivity index (χ1v) is 10.7. The number of amides is 2. The zero-order valence-corrected chi connectivity index (χ0v) is 15.6. The molecule has 2 N–H and O–H groups in total. The SMILES string of the molecule is CSCC1=C(C(=O)O)N2C(=O)C(NC(=O)Cc3ccccc3)[C@@H]2S(=O)C1. The molecule has 1 fully saturated rings. The fourth-order valence-electron chi connectivity index (χ4n) is 3.14. The molecule has 3 atom stereocenters. The zero-order valence-electron chi connectivity index (χ0n) is 14.0. The molecule has 7 nitrogen and oxygen atoms in total. The van der Waals surface area contributed by atoms with Crippen LogP contribution in [-0.4, -0.2) is 61.2 Å². The lowest BCUT2D eigenvalue weighted by atomic mass is 10.0. The fraction of sp³-hybridized carbons (Fsp3) is 0.353. The Balaban J connectivity index is 1.76. The second kappa shape index (κ2) is 7.63. The standard InChI is InChI=1S/C17H18N2O5S2/c1-25-8-11-9-26(24)16-13(15(21)19(16)14(11)17(22)23)18-12(20)7-10-5-3-2-4-6-10/h2-6,13,16H,7-9H2,1H3,(H,18,20)(H,22,23)/t13?,16-,26?/m0/s1. The minimum absolute atomic E-state index is 0.0949. The predicted octanol–water partition coefficient (Wildman–Crippen LogP) is 0.346. The van der Waals surface area contributed by atoms with Crippen LogP contribution in [0.2, 0.25) is 0 Å². The van der Waals surface area contributed by atoms with Crippen LogP contribution < -0.4 is 5.32 Å². The Morgan fingerprint density at radius 2 is 2.04 bits per heavy atom. The number of hydrogen-bond donors (Lipinski definition) is 2. The summed E-state index contributed by atoms with van der Waals surface area (Å²) in [6.45, 7) is 0. The second-order valence-electron chi connectivity index (χ2n) is 6.02. The highest BCUT2D eigenvalue weighted by Crippen LogP contribution is 2.35. The van der Waals surface area contributed by atoms with Gasteiger partial charge in [-0.15, -0.1) is 0 Å². The van der Waals surface area contributed by atoms with Crippen LogP contribution in [0.5, 0.6) is 0 Å². The number of rotatable bonds is 6. The number of fused-ring (bicyclic) bond motifs is 1. The van der Waals surface area contributed by atoms with E-state index in [1.807, 2.05) is 24.5 Å².